The maximum Gasteiger partial charge on any atom is 0.253 e. The van der Waals surface area contributed by atoms with E-state index in [0.29, 0.717) is 17.8 Å². The highest BCUT2D eigenvalue weighted by Crippen LogP contribution is 2.30. The summed E-state index contributed by atoms with van der Waals surface area (Å²) in [7, 11) is 1.87. The van der Waals surface area contributed by atoms with Crippen LogP contribution in [-0.2, 0) is 7.05 Å². The van der Waals surface area contributed by atoms with Crippen molar-refractivity contribution in [3.63, 3.8) is 0 Å². The van der Waals surface area contributed by atoms with E-state index in [1.165, 1.54) is 12.8 Å². The number of amides is 1. The molecule has 0 spiro atoms. The molecule has 1 aliphatic heterocycles. The number of aromatic nitrogens is 3. The largest absolute Gasteiger partial charge is 0.350 e. The molecule has 1 amide bonds. The van der Waals surface area contributed by atoms with E-state index in [1.807, 2.05) is 45.2 Å². The summed E-state index contributed by atoms with van der Waals surface area (Å²) in [5.41, 5.74) is 4.02. The van der Waals surface area contributed by atoms with Crippen molar-refractivity contribution in [2.75, 3.05) is 19.6 Å². The van der Waals surface area contributed by atoms with Gasteiger partial charge in [0.2, 0.25) is 0 Å². The van der Waals surface area contributed by atoms with Crippen molar-refractivity contribution in [1.29, 1.82) is 0 Å². The molecular formula is C22H26ClN5O. The molecule has 152 valence electrons. The van der Waals surface area contributed by atoms with E-state index in [-0.39, 0.29) is 11.9 Å². The second-order valence-corrected chi connectivity index (χ2v) is 8.10. The van der Waals surface area contributed by atoms with Crippen molar-refractivity contribution < 1.29 is 4.79 Å². The number of carbonyl (C=O) groups is 1. The zero-order chi connectivity index (χ0) is 20.5. The van der Waals surface area contributed by atoms with Crippen molar-refractivity contribution in [3.05, 3.63) is 57.9 Å². The van der Waals surface area contributed by atoms with E-state index in [0.717, 1.165) is 40.4 Å². The summed E-state index contributed by atoms with van der Waals surface area (Å²) in [5.74, 6) is -0.114. The Bertz CT molecular complexity index is 1050. The Labute approximate surface area is 175 Å². The lowest BCUT2D eigenvalue weighted by Crippen LogP contribution is -2.37. The summed E-state index contributed by atoms with van der Waals surface area (Å²) in [6.07, 6.45) is 2.35. The van der Waals surface area contributed by atoms with E-state index in [9.17, 15) is 4.79 Å². The molecule has 29 heavy (non-hydrogen) atoms. The van der Waals surface area contributed by atoms with Crippen LogP contribution in [0.15, 0.2) is 30.3 Å². The summed E-state index contributed by atoms with van der Waals surface area (Å²) < 4.78 is 1.75. The number of hydrogen-bond donors (Lipinski definition) is 1. The van der Waals surface area contributed by atoms with Crippen LogP contribution in [-0.4, -0.2) is 45.2 Å². The minimum Gasteiger partial charge on any atom is -0.350 e. The normalized spacial score (nSPS) is 15.7. The third-order valence-corrected chi connectivity index (χ3v) is 6.08. The molecule has 1 fully saturated rings. The van der Waals surface area contributed by atoms with Crippen LogP contribution in [0.2, 0.25) is 5.02 Å². The number of benzene rings is 1. The summed E-state index contributed by atoms with van der Waals surface area (Å²) >= 11 is 6.48. The topological polar surface area (TPSA) is 63.1 Å². The Balaban J connectivity index is 1.58. The van der Waals surface area contributed by atoms with E-state index in [1.54, 1.807) is 4.68 Å². The molecule has 7 heteroatoms. The molecule has 6 nitrogen and oxygen atoms in total. The summed E-state index contributed by atoms with van der Waals surface area (Å²) in [4.78, 5) is 20.0. The fraction of sp³-hybridized carbons (Fsp3) is 0.409. The lowest BCUT2D eigenvalue weighted by Gasteiger charge is -2.29. The zero-order valence-corrected chi connectivity index (χ0v) is 17.8. The molecule has 3 heterocycles. The van der Waals surface area contributed by atoms with Crippen molar-refractivity contribution >= 4 is 28.5 Å². The van der Waals surface area contributed by atoms with Gasteiger partial charge in [0.1, 0.15) is 0 Å². The van der Waals surface area contributed by atoms with Gasteiger partial charge in [-0.05, 0) is 57.5 Å². The lowest BCUT2D eigenvalue weighted by molar-refractivity contribution is 0.0937. The third kappa shape index (κ3) is 3.87. The van der Waals surface area contributed by atoms with Crippen molar-refractivity contribution in [1.82, 2.24) is 25.0 Å². The van der Waals surface area contributed by atoms with Gasteiger partial charge in [-0.2, -0.15) is 5.10 Å². The van der Waals surface area contributed by atoms with E-state index >= 15 is 0 Å². The quantitative estimate of drug-likeness (QED) is 0.693. The Kier molecular flexibility index (Phi) is 5.56. The number of nitrogens with one attached hydrogen (secondary N) is 1. The van der Waals surface area contributed by atoms with Gasteiger partial charge < -0.3 is 5.32 Å². The Morgan fingerprint density at radius 2 is 1.93 bits per heavy atom. The van der Waals surface area contributed by atoms with Gasteiger partial charge in [-0.25, -0.2) is 4.98 Å². The van der Waals surface area contributed by atoms with Crippen LogP contribution < -0.4 is 5.32 Å². The number of fused-ring (bicyclic) bond motifs is 1. The van der Waals surface area contributed by atoms with Crippen molar-refractivity contribution in [3.8, 4) is 0 Å². The predicted octanol–water partition coefficient (Wildman–Crippen LogP) is 3.81. The van der Waals surface area contributed by atoms with E-state index in [2.05, 4.69) is 26.4 Å². The molecule has 0 aliphatic carbocycles. The average Bonchev–Trinajstić information content (AvgIpc) is 3.31. The molecule has 1 aliphatic rings. The smallest absolute Gasteiger partial charge is 0.253 e. The summed E-state index contributed by atoms with van der Waals surface area (Å²) in [6, 6.07) is 9.86. The predicted molar refractivity (Wildman–Crippen MR) is 115 cm³/mol. The van der Waals surface area contributed by atoms with Crippen LogP contribution in [0.1, 0.15) is 46.2 Å². The number of halogens is 1. The minimum atomic E-state index is -0.114. The van der Waals surface area contributed by atoms with Crippen LogP contribution >= 0.6 is 11.6 Å². The van der Waals surface area contributed by atoms with E-state index in [4.69, 9.17) is 11.6 Å². The Morgan fingerprint density at radius 3 is 2.66 bits per heavy atom. The van der Waals surface area contributed by atoms with Crippen molar-refractivity contribution in [2.24, 2.45) is 7.05 Å². The monoisotopic (exact) mass is 411 g/mol. The first-order valence-corrected chi connectivity index (χ1v) is 10.4. The molecule has 1 saturated heterocycles. The molecule has 0 unspecified atom stereocenters. The van der Waals surface area contributed by atoms with Crippen LogP contribution in [0, 0.1) is 13.8 Å². The van der Waals surface area contributed by atoms with Gasteiger partial charge in [-0.1, -0.05) is 29.8 Å². The van der Waals surface area contributed by atoms with Crippen molar-refractivity contribution in [2.45, 2.75) is 32.7 Å². The number of hydrogen-bond acceptors (Lipinski definition) is 4. The van der Waals surface area contributed by atoms with Gasteiger partial charge in [0.15, 0.2) is 5.65 Å². The average molecular weight is 412 g/mol. The SMILES string of the molecule is Cc1nc2c(cc1C(=O)NC[C@@H](c1ccccc1Cl)N1CCCC1)c(C)nn2C. The summed E-state index contributed by atoms with van der Waals surface area (Å²) in [6.45, 7) is 6.34. The molecule has 1 N–H and O–H groups in total. The summed E-state index contributed by atoms with van der Waals surface area (Å²) in [5, 5.41) is 9.18. The first-order chi connectivity index (χ1) is 14.0. The minimum absolute atomic E-state index is 0.0623. The van der Waals surface area contributed by atoms with Crippen LogP contribution in [0.5, 0.6) is 0 Å². The maximum absolute atomic E-state index is 13.0. The number of carbonyl (C=O) groups excluding carboxylic acids is 1. The first kappa shape index (κ1) is 19.9. The zero-order valence-electron chi connectivity index (χ0n) is 17.1. The molecule has 0 saturated carbocycles. The van der Waals surface area contributed by atoms with Gasteiger partial charge in [-0.3, -0.25) is 14.4 Å². The second kappa shape index (κ2) is 8.13. The highest BCUT2D eigenvalue weighted by Gasteiger charge is 2.26. The standard InChI is InChI=1S/C22H26ClN5O/c1-14-18(12-17-15(2)26-27(3)21(17)25-14)22(29)24-13-20(28-10-6-7-11-28)16-8-4-5-9-19(16)23/h4-5,8-9,12,20H,6-7,10-11,13H2,1-3H3,(H,24,29)/t20-/m0/s1. The number of rotatable bonds is 5. The number of aryl methyl sites for hydroxylation is 3. The number of likely N-dealkylation sites (tertiary alicyclic amines) is 1. The molecule has 0 bridgehead atoms. The number of pyridine rings is 1. The van der Waals surface area contributed by atoms with Crippen LogP contribution in [0.4, 0.5) is 0 Å². The van der Waals surface area contributed by atoms with E-state index < -0.39 is 0 Å². The lowest BCUT2D eigenvalue weighted by atomic mass is 10.0. The third-order valence-electron chi connectivity index (χ3n) is 5.74. The Hall–Kier alpha value is -2.44. The highest BCUT2D eigenvalue weighted by molar-refractivity contribution is 6.31. The van der Waals surface area contributed by atoms with Crippen LogP contribution in [0.25, 0.3) is 11.0 Å². The van der Waals surface area contributed by atoms with Gasteiger partial charge in [0.05, 0.1) is 23.0 Å². The molecule has 0 radical (unpaired) electrons. The van der Waals surface area contributed by atoms with Gasteiger partial charge in [0, 0.05) is 24.0 Å². The second-order valence-electron chi connectivity index (χ2n) is 7.69. The molecule has 1 atom stereocenters. The highest BCUT2D eigenvalue weighted by atomic mass is 35.5. The maximum atomic E-state index is 13.0. The molecule has 3 aromatic rings. The fourth-order valence-electron chi connectivity index (χ4n) is 4.18. The fourth-order valence-corrected chi connectivity index (χ4v) is 4.44. The van der Waals surface area contributed by atoms with Gasteiger partial charge in [-0.15, -0.1) is 0 Å². The molecule has 4 rings (SSSR count). The molecule has 1 aromatic carbocycles. The Morgan fingerprint density at radius 1 is 1.21 bits per heavy atom. The molecule has 2 aromatic heterocycles. The van der Waals surface area contributed by atoms with Crippen LogP contribution in [0.3, 0.4) is 0 Å². The number of nitrogens with zero attached hydrogens (tertiary/aromatic N) is 4. The van der Waals surface area contributed by atoms with Gasteiger partial charge >= 0.3 is 0 Å². The van der Waals surface area contributed by atoms with Gasteiger partial charge in [0.25, 0.3) is 5.91 Å². The molecular weight excluding hydrogens is 386 g/mol. The first-order valence-electron chi connectivity index (χ1n) is 10.0.